The molecule has 1 spiro atoms. The molecular formula is C13H17NO2. The summed E-state index contributed by atoms with van der Waals surface area (Å²) in [5.41, 5.74) is -0.151. The Morgan fingerprint density at radius 1 is 1.44 bits per heavy atom. The van der Waals surface area contributed by atoms with E-state index in [1.54, 1.807) is 0 Å². The van der Waals surface area contributed by atoms with E-state index < -0.39 is 0 Å². The molecule has 2 heterocycles. The van der Waals surface area contributed by atoms with Crippen LogP contribution in [-0.2, 0) is 9.47 Å². The second-order valence-corrected chi connectivity index (χ2v) is 5.06. The highest BCUT2D eigenvalue weighted by Gasteiger charge is 2.52. The van der Waals surface area contributed by atoms with Crippen LogP contribution in [0.25, 0.3) is 0 Å². The lowest BCUT2D eigenvalue weighted by molar-refractivity contribution is -0.139. The zero-order valence-corrected chi connectivity index (χ0v) is 9.39. The molecule has 0 aromatic heterocycles. The lowest BCUT2D eigenvalue weighted by atomic mass is 9.83. The predicted octanol–water partition coefficient (Wildman–Crippen LogP) is 2.33. The highest BCUT2D eigenvalue weighted by molar-refractivity contribution is 5.18. The van der Waals surface area contributed by atoms with Crippen molar-refractivity contribution in [2.24, 2.45) is 0 Å². The van der Waals surface area contributed by atoms with E-state index in [0.717, 1.165) is 32.1 Å². The summed E-state index contributed by atoms with van der Waals surface area (Å²) in [5.74, 6) is 0. The Hall–Kier alpha value is -0.850. The Bertz CT molecular complexity index is 346. The Labute approximate surface area is 96.0 Å². The van der Waals surface area contributed by atoms with Crippen molar-refractivity contribution in [1.29, 1.82) is 5.26 Å². The van der Waals surface area contributed by atoms with E-state index in [2.05, 4.69) is 18.2 Å². The first-order valence-electron chi connectivity index (χ1n) is 6.20. The van der Waals surface area contributed by atoms with E-state index in [1.807, 2.05) is 0 Å². The highest BCUT2D eigenvalue weighted by Crippen LogP contribution is 2.46. The van der Waals surface area contributed by atoms with Gasteiger partial charge in [0.2, 0.25) is 0 Å². The zero-order chi connectivity index (χ0) is 11.0. The van der Waals surface area contributed by atoms with Gasteiger partial charge in [-0.1, -0.05) is 12.2 Å². The van der Waals surface area contributed by atoms with E-state index in [-0.39, 0.29) is 17.8 Å². The third-order valence-electron chi connectivity index (χ3n) is 3.96. The maximum Gasteiger partial charge on any atom is 0.115 e. The molecule has 16 heavy (non-hydrogen) atoms. The van der Waals surface area contributed by atoms with Gasteiger partial charge in [-0.25, -0.2) is 0 Å². The molecule has 2 fully saturated rings. The van der Waals surface area contributed by atoms with Gasteiger partial charge < -0.3 is 9.47 Å². The molecule has 0 aromatic rings. The summed E-state index contributed by atoms with van der Waals surface area (Å²) >= 11 is 0. The molecular weight excluding hydrogens is 202 g/mol. The first kappa shape index (κ1) is 10.3. The van der Waals surface area contributed by atoms with Crippen molar-refractivity contribution in [2.75, 3.05) is 0 Å². The topological polar surface area (TPSA) is 42.2 Å². The van der Waals surface area contributed by atoms with Crippen molar-refractivity contribution in [3.05, 3.63) is 12.2 Å². The lowest BCUT2D eigenvalue weighted by Crippen LogP contribution is -2.47. The molecule has 2 saturated heterocycles. The molecule has 3 aliphatic rings. The molecule has 2 aliphatic heterocycles. The van der Waals surface area contributed by atoms with Crippen LogP contribution < -0.4 is 0 Å². The van der Waals surface area contributed by atoms with E-state index in [1.165, 1.54) is 0 Å². The number of nitriles is 1. The fraction of sp³-hybridized carbons (Fsp3) is 0.769. The van der Waals surface area contributed by atoms with E-state index in [0.29, 0.717) is 12.5 Å². The standard InChI is InChI=1S/C13H17NO2/c14-8-2-4-10-5-6-12-13(16-10)7-1-3-11(9-13)15-12/h1,7,10-12H,2-6,9H2/t10-,11?,12-,13-/m0/s1. The summed E-state index contributed by atoms with van der Waals surface area (Å²) in [6.45, 7) is 0. The van der Waals surface area contributed by atoms with Crippen LogP contribution in [-0.4, -0.2) is 23.9 Å². The minimum Gasteiger partial charge on any atom is -0.371 e. The van der Waals surface area contributed by atoms with Crippen LogP contribution >= 0.6 is 0 Å². The molecule has 1 aliphatic carbocycles. The molecule has 86 valence electrons. The Morgan fingerprint density at radius 3 is 3.25 bits per heavy atom. The number of nitrogens with zero attached hydrogens (tertiary/aromatic N) is 1. The molecule has 2 bridgehead atoms. The Kier molecular flexibility index (Phi) is 2.49. The van der Waals surface area contributed by atoms with Crippen molar-refractivity contribution in [3.63, 3.8) is 0 Å². The fourth-order valence-electron chi connectivity index (χ4n) is 3.23. The molecule has 0 saturated carbocycles. The molecule has 3 heteroatoms. The van der Waals surface area contributed by atoms with Crippen LogP contribution in [0.5, 0.6) is 0 Å². The number of fused-ring (bicyclic) bond motifs is 1. The summed E-state index contributed by atoms with van der Waals surface area (Å²) in [6.07, 6.45) is 10.9. The van der Waals surface area contributed by atoms with Gasteiger partial charge in [0.15, 0.2) is 0 Å². The number of hydrogen-bond donors (Lipinski definition) is 0. The van der Waals surface area contributed by atoms with Crippen LogP contribution in [0.3, 0.4) is 0 Å². The average molecular weight is 219 g/mol. The fourth-order valence-corrected chi connectivity index (χ4v) is 3.23. The second-order valence-electron chi connectivity index (χ2n) is 5.06. The molecule has 0 N–H and O–H groups in total. The van der Waals surface area contributed by atoms with Gasteiger partial charge in [0, 0.05) is 12.8 Å². The quantitative estimate of drug-likeness (QED) is 0.669. The van der Waals surface area contributed by atoms with E-state index in [9.17, 15) is 0 Å². The molecule has 4 atom stereocenters. The van der Waals surface area contributed by atoms with Crippen LogP contribution in [0.15, 0.2) is 12.2 Å². The summed E-state index contributed by atoms with van der Waals surface area (Å²) in [7, 11) is 0. The summed E-state index contributed by atoms with van der Waals surface area (Å²) in [6, 6.07) is 2.20. The normalized spacial score (nSPS) is 45.1. The summed E-state index contributed by atoms with van der Waals surface area (Å²) in [5, 5.41) is 8.61. The number of ether oxygens (including phenoxy) is 2. The van der Waals surface area contributed by atoms with Crippen molar-refractivity contribution in [3.8, 4) is 6.07 Å². The minimum atomic E-state index is -0.151. The van der Waals surface area contributed by atoms with Crippen molar-refractivity contribution < 1.29 is 9.47 Å². The van der Waals surface area contributed by atoms with Gasteiger partial charge in [-0.3, -0.25) is 0 Å². The van der Waals surface area contributed by atoms with Crippen molar-refractivity contribution in [2.45, 2.75) is 62.4 Å². The van der Waals surface area contributed by atoms with Crippen molar-refractivity contribution >= 4 is 0 Å². The molecule has 0 amide bonds. The van der Waals surface area contributed by atoms with Gasteiger partial charge in [-0.05, 0) is 25.7 Å². The Balaban J connectivity index is 1.73. The first-order valence-corrected chi connectivity index (χ1v) is 6.20. The lowest BCUT2D eigenvalue weighted by Gasteiger charge is -2.40. The SMILES string of the molecule is N#CCC[C@H]1CC[C@@H]2OC3CC=C[C@@]2(C3)O1. The van der Waals surface area contributed by atoms with Gasteiger partial charge in [-0.2, -0.15) is 5.26 Å². The van der Waals surface area contributed by atoms with Crippen LogP contribution in [0.4, 0.5) is 0 Å². The highest BCUT2D eigenvalue weighted by atomic mass is 16.6. The van der Waals surface area contributed by atoms with Gasteiger partial charge in [0.25, 0.3) is 0 Å². The molecule has 0 radical (unpaired) electrons. The summed E-state index contributed by atoms with van der Waals surface area (Å²) < 4.78 is 12.2. The van der Waals surface area contributed by atoms with Gasteiger partial charge in [0.1, 0.15) is 5.60 Å². The molecule has 3 nitrogen and oxygen atoms in total. The molecule has 3 rings (SSSR count). The van der Waals surface area contributed by atoms with Gasteiger partial charge >= 0.3 is 0 Å². The molecule has 0 aromatic carbocycles. The maximum absolute atomic E-state index is 8.61. The largest absolute Gasteiger partial charge is 0.371 e. The zero-order valence-electron chi connectivity index (χ0n) is 9.39. The number of hydrogen-bond acceptors (Lipinski definition) is 3. The smallest absolute Gasteiger partial charge is 0.115 e. The third kappa shape index (κ3) is 1.57. The second kappa shape index (κ2) is 3.87. The molecule has 1 unspecified atom stereocenters. The van der Waals surface area contributed by atoms with Crippen LogP contribution in [0, 0.1) is 11.3 Å². The van der Waals surface area contributed by atoms with E-state index in [4.69, 9.17) is 14.7 Å². The van der Waals surface area contributed by atoms with Crippen LogP contribution in [0.1, 0.15) is 38.5 Å². The van der Waals surface area contributed by atoms with Gasteiger partial charge in [-0.15, -0.1) is 0 Å². The van der Waals surface area contributed by atoms with E-state index >= 15 is 0 Å². The number of rotatable bonds is 2. The predicted molar refractivity (Wildman–Crippen MR) is 58.7 cm³/mol. The first-order chi connectivity index (χ1) is 7.82. The monoisotopic (exact) mass is 219 g/mol. The Morgan fingerprint density at radius 2 is 2.38 bits per heavy atom. The average Bonchev–Trinajstić information content (AvgIpc) is 2.55. The summed E-state index contributed by atoms with van der Waals surface area (Å²) in [4.78, 5) is 0. The van der Waals surface area contributed by atoms with Crippen LogP contribution in [0.2, 0.25) is 0 Å². The maximum atomic E-state index is 8.61. The van der Waals surface area contributed by atoms with Crippen molar-refractivity contribution in [1.82, 2.24) is 0 Å². The minimum absolute atomic E-state index is 0.151. The van der Waals surface area contributed by atoms with Gasteiger partial charge in [0.05, 0.1) is 24.4 Å². The third-order valence-corrected chi connectivity index (χ3v) is 3.96.